The monoisotopic (exact) mass is 1610 g/mol. The molecule has 1 saturated carbocycles. The minimum absolute atomic E-state index is 0.0399. The molecule has 38 heteroatoms. The lowest BCUT2D eigenvalue weighted by atomic mass is 9.81. The van der Waals surface area contributed by atoms with E-state index in [-0.39, 0.29) is 141 Å². The van der Waals surface area contributed by atoms with Gasteiger partial charge in [-0.25, -0.2) is 4.98 Å². The highest BCUT2D eigenvalue weighted by atomic mass is 32.2. The summed E-state index contributed by atoms with van der Waals surface area (Å²) in [6, 6.07) is 5.42. The second-order valence-corrected chi connectivity index (χ2v) is 30.8. The Morgan fingerprint density at radius 3 is 1.59 bits per heavy atom. The molecule has 2 fully saturated rings. The van der Waals surface area contributed by atoms with Gasteiger partial charge in [0.05, 0.1) is 39.1 Å². The molecule has 1 aliphatic carbocycles. The van der Waals surface area contributed by atoms with Crippen LogP contribution < -0.4 is 64.6 Å². The van der Waals surface area contributed by atoms with Gasteiger partial charge in [-0.1, -0.05) is 76.2 Å². The number of aromatic amines is 2. The highest BCUT2D eigenvalue weighted by Crippen LogP contribution is 2.29. The van der Waals surface area contributed by atoms with Crippen LogP contribution >= 0.6 is 11.8 Å². The van der Waals surface area contributed by atoms with Crippen molar-refractivity contribution in [3.8, 4) is 0 Å². The SMILES string of the molecule is CSCC[C@H](NC(=O)[C@H](CC(C)C)NC(=O)[C@H](Cc1cnc[nH]1)NC(=O)CNC(=O)[C@@H](NC(=O)[C@H](C)NC(=O)[C@H](Cc1c[nH]c2ccccc12)NC(=O)[C@H](CCC(N)=O)NC(=O)[C@@H](Cc1ccccc1)NC(=O)C1CCC(CNC(=O)CN2CCN(CC(=O)O)CCN(CC(=O)O)CCN(CC(=O)O)CC2)CC1)C(C)C)C(N)=O. The number of H-pyrrole nitrogens is 2. The highest BCUT2D eigenvalue weighted by molar-refractivity contribution is 7.98. The Bertz CT molecular complexity index is 3860. The third-order valence-corrected chi connectivity index (χ3v) is 20.4. The molecule has 626 valence electrons. The van der Waals surface area contributed by atoms with Crippen LogP contribution in [0.1, 0.15) is 103 Å². The number of aromatic nitrogens is 3. The number of hydrogen-bond donors (Lipinski definition) is 17. The lowest BCUT2D eigenvalue weighted by Crippen LogP contribution is -2.60. The molecule has 1 saturated heterocycles. The van der Waals surface area contributed by atoms with Gasteiger partial charge in [0.25, 0.3) is 0 Å². The van der Waals surface area contributed by atoms with E-state index in [1.807, 2.05) is 25.0 Å². The standard InChI is InChI=1S/C76H113N19O18S/c1-45(2)32-57(73(110)86-55(68(78)105)22-31-114-6)89-75(112)60(35-52-38-79-44-83-52)85-62(97)39-82-76(113)67(46(3)4)91-69(106)47(5)84-72(109)59(34-51-37-80-54-15-11-10-14-53(51)54)90-71(108)56(20-21-61(77)96)87-74(111)58(33-48-12-8-7-9-13-48)88-70(107)50-18-16-49(17-19-50)36-81-63(98)40-92-23-25-93(41-64(99)100)27-29-95(43-66(103)104)30-28-94(26-24-92)42-65(101)102/h7-15,37-38,44-47,49-50,55-60,67,80H,16-36,39-43H2,1-6H3,(H2,77,96)(H2,78,105)(H,79,83)(H,81,98)(H,82,113)(H,84,109)(H,85,97)(H,86,110)(H,87,111)(H,88,107)(H,89,112)(H,90,108)(H,91,106)(H,99,100)(H,101,102)(H,103,104)/t47-,49?,50?,55-,56-,57-,58+,59-,60-,67-/m0/s1. The molecule has 2 aliphatic rings. The minimum atomic E-state index is -1.54. The molecule has 4 aromatic rings. The third kappa shape index (κ3) is 32.5. The molecule has 2 aromatic heterocycles. The summed E-state index contributed by atoms with van der Waals surface area (Å²) in [5.41, 5.74) is 13.5. The van der Waals surface area contributed by atoms with Crippen LogP contribution in [0.5, 0.6) is 0 Å². The minimum Gasteiger partial charge on any atom is -0.480 e. The van der Waals surface area contributed by atoms with Gasteiger partial charge in [-0.3, -0.25) is 91.5 Å². The molecule has 19 N–H and O–H groups in total. The van der Waals surface area contributed by atoms with Crippen LogP contribution in [0.4, 0.5) is 0 Å². The van der Waals surface area contributed by atoms with E-state index in [0.29, 0.717) is 59.2 Å². The highest BCUT2D eigenvalue weighted by Gasteiger charge is 2.37. The van der Waals surface area contributed by atoms with Crippen molar-refractivity contribution in [3.63, 3.8) is 0 Å². The molecule has 0 spiro atoms. The van der Waals surface area contributed by atoms with Crippen molar-refractivity contribution in [2.24, 2.45) is 35.1 Å². The third-order valence-electron chi connectivity index (χ3n) is 19.8. The molecule has 0 bridgehead atoms. The zero-order valence-electron chi connectivity index (χ0n) is 65.5. The number of rotatable bonds is 44. The van der Waals surface area contributed by atoms with E-state index in [9.17, 15) is 87.2 Å². The van der Waals surface area contributed by atoms with Gasteiger partial charge >= 0.3 is 17.9 Å². The van der Waals surface area contributed by atoms with Crippen LogP contribution in [0.15, 0.2) is 73.3 Å². The van der Waals surface area contributed by atoms with Crippen LogP contribution in [-0.2, 0) is 91.2 Å². The molecule has 1 aliphatic heterocycles. The number of primary amides is 2. The van der Waals surface area contributed by atoms with Crippen molar-refractivity contribution in [1.82, 2.24) is 87.7 Å². The first-order valence-corrected chi connectivity index (χ1v) is 39.8. The number of nitrogens with zero attached hydrogens (tertiary/aromatic N) is 5. The number of nitrogens with one attached hydrogen (secondary N) is 12. The zero-order chi connectivity index (χ0) is 83.6. The molecule has 3 heterocycles. The van der Waals surface area contributed by atoms with Gasteiger partial charge in [0.2, 0.25) is 70.9 Å². The van der Waals surface area contributed by atoms with Crippen LogP contribution in [0.2, 0.25) is 0 Å². The molecule has 6 rings (SSSR count). The number of carbonyl (C=O) groups excluding carboxylic acids is 12. The van der Waals surface area contributed by atoms with Crippen molar-refractivity contribution in [2.45, 2.75) is 154 Å². The van der Waals surface area contributed by atoms with Crippen LogP contribution in [0.3, 0.4) is 0 Å². The summed E-state index contributed by atoms with van der Waals surface area (Å²) in [7, 11) is 0. The van der Waals surface area contributed by atoms with Gasteiger partial charge in [0.15, 0.2) is 0 Å². The van der Waals surface area contributed by atoms with Crippen LogP contribution in [0, 0.1) is 23.7 Å². The molecule has 37 nitrogen and oxygen atoms in total. The van der Waals surface area contributed by atoms with E-state index in [1.165, 1.54) is 31.2 Å². The smallest absolute Gasteiger partial charge is 0.317 e. The summed E-state index contributed by atoms with van der Waals surface area (Å²) >= 11 is 1.45. The van der Waals surface area contributed by atoms with Crippen molar-refractivity contribution >= 4 is 111 Å². The van der Waals surface area contributed by atoms with Gasteiger partial charge < -0.3 is 89.9 Å². The normalized spacial score (nSPS) is 17.6. The number of carbonyl (C=O) groups is 15. The quantitative estimate of drug-likeness (QED) is 0.0218. The lowest BCUT2D eigenvalue weighted by Gasteiger charge is -2.33. The predicted octanol–water partition coefficient (Wildman–Crippen LogP) is -2.46. The zero-order valence-corrected chi connectivity index (χ0v) is 66.3. The topological polar surface area (TPSA) is 547 Å². The summed E-state index contributed by atoms with van der Waals surface area (Å²) in [4.78, 5) is 218. The molecule has 0 radical (unpaired) electrons. The fourth-order valence-corrected chi connectivity index (χ4v) is 13.9. The van der Waals surface area contributed by atoms with E-state index >= 15 is 0 Å². The maximum atomic E-state index is 14.8. The Hall–Kier alpha value is -10.6. The molecule has 2 aromatic carbocycles. The van der Waals surface area contributed by atoms with Gasteiger partial charge in [0.1, 0.15) is 48.3 Å². The largest absolute Gasteiger partial charge is 0.480 e. The van der Waals surface area contributed by atoms with E-state index in [2.05, 4.69) is 68.1 Å². The maximum absolute atomic E-state index is 14.8. The number of para-hydroxylation sites is 1. The Kier molecular flexibility index (Phi) is 38.2. The number of hydrogen-bond acceptors (Lipinski definition) is 21. The van der Waals surface area contributed by atoms with Gasteiger partial charge in [0, 0.05) is 119 Å². The summed E-state index contributed by atoms with van der Waals surface area (Å²) in [5, 5.41) is 56.5. The molecule has 114 heavy (non-hydrogen) atoms. The number of thioether (sulfide) groups is 1. The predicted molar refractivity (Wildman–Crippen MR) is 421 cm³/mol. The van der Waals surface area contributed by atoms with Crippen molar-refractivity contribution in [1.29, 1.82) is 0 Å². The molecule has 8 atom stereocenters. The molecule has 12 amide bonds. The van der Waals surface area contributed by atoms with Crippen LogP contribution in [-0.4, -0.2) is 291 Å². The summed E-state index contributed by atoms with van der Waals surface area (Å²) < 4.78 is 0. The van der Waals surface area contributed by atoms with E-state index < -0.39 is 156 Å². The van der Waals surface area contributed by atoms with Gasteiger partial charge in [-0.15, -0.1) is 0 Å². The first-order chi connectivity index (χ1) is 54.2. The van der Waals surface area contributed by atoms with E-state index in [1.54, 1.807) is 89.3 Å². The Balaban J connectivity index is 1.10. The second-order valence-electron chi connectivity index (χ2n) is 29.8. The first kappa shape index (κ1) is 92.3. The average molecular weight is 1610 g/mol. The van der Waals surface area contributed by atoms with E-state index in [4.69, 9.17) is 11.5 Å². The Morgan fingerprint density at radius 2 is 1.04 bits per heavy atom. The van der Waals surface area contributed by atoms with E-state index in [0.717, 1.165) is 0 Å². The Morgan fingerprint density at radius 1 is 0.526 bits per heavy atom. The van der Waals surface area contributed by atoms with Crippen molar-refractivity contribution < 1.29 is 87.2 Å². The second kappa shape index (κ2) is 47.2. The number of fused-ring (bicyclic) bond motifs is 1. The fourth-order valence-electron chi connectivity index (χ4n) is 13.4. The summed E-state index contributed by atoms with van der Waals surface area (Å²) in [6.07, 6.45) is 7.36. The Labute approximate surface area is 666 Å². The first-order valence-electron chi connectivity index (χ1n) is 38.4. The van der Waals surface area contributed by atoms with Gasteiger partial charge in [-0.2, -0.15) is 11.8 Å². The molecular formula is C76H113N19O18S. The number of carboxylic acid groups (broad SMARTS) is 3. The number of aliphatic carboxylic acids is 3. The fraction of sp³-hybridized carbons (Fsp3) is 0.579. The molecular weight excluding hydrogens is 1500 g/mol. The summed E-state index contributed by atoms with van der Waals surface area (Å²) in [5.74, 6) is -13.0. The van der Waals surface area contributed by atoms with Gasteiger partial charge in [-0.05, 0) is 98.8 Å². The summed E-state index contributed by atoms with van der Waals surface area (Å²) in [6.45, 7) is 8.62. The average Bonchev–Trinajstić information content (AvgIpc) is 1.66. The lowest BCUT2D eigenvalue weighted by molar-refractivity contribution is -0.140. The number of nitrogens with two attached hydrogens (primary N) is 2. The number of imidazole rings is 1. The number of benzene rings is 2. The van der Waals surface area contributed by atoms with Crippen LogP contribution in [0.25, 0.3) is 10.9 Å². The maximum Gasteiger partial charge on any atom is 0.317 e. The number of carboxylic acids is 3. The molecule has 0 unspecified atom stereocenters. The van der Waals surface area contributed by atoms with Crippen molar-refractivity contribution in [2.75, 3.05) is 104 Å². The van der Waals surface area contributed by atoms with Crippen molar-refractivity contribution in [3.05, 3.63) is 90.1 Å². The number of amides is 12.